The monoisotopic (exact) mass is 407 g/mol. The van der Waals surface area contributed by atoms with Crippen molar-refractivity contribution in [1.82, 2.24) is 5.01 Å². The van der Waals surface area contributed by atoms with Crippen molar-refractivity contribution in [2.45, 2.75) is 18.9 Å². The Bertz CT molecular complexity index is 822. The summed E-state index contributed by atoms with van der Waals surface area (Å²) in [4.78, 5) is 16.1. The zero-order chi connectivity index (χ0) is 19.4. The van der Waals surface area contributed by atoms with Crippen molar-refractivity contribution >= 4 is 47.3 Å². The van der Waals surface area contributed by atoms with Gasteiger partial charge in [-0.25, -0.2) is 4.99 Å². The summed E-state index contributed by atoms with van der Waals surface area (Å²) in [5.74, 6) is -0.0720. The zero-order valence-electron chi connectivity index (χ0n) is 14.8. The highest BCUT2D eigenvalue weighted by Gasteiger charge is 2.25. The molecule has 2 aliphatic rings. The van der Waals surface area contributed by atoms with Crippen LogP contribution in [0.15, 0.2) is 46.1 Å². The van der Waals surface area contributed by atoms with E-state index in [0.717, 1.165) is 12.8 Å². The first-order valence-electron chi connectivity index (χ1n) is 8.45. The minimum atomic E-state index is -0.541. The van der Waals surface area contributed by atoms with Crippen molar-refractivity contribution in [3.8, 4) is 0 Å². The molecule has 0 atom stereocenters. The van der Waals surface area contributed by atoms with E-state index in [4.69, 9.17) is 32.7 Å². The van der Waals surface area contributed by atoms with Gasteiger partial charge in [0, 0.05) is 31.5 Å². The number of nitrogens with zero attached hydrogens (tertiary/aromatic N) is 3. The highest BCUT2D eigenvalue weighted by molar-refractivity contribution is 6.41. The molecule has 6 nitrogen and oxygen atoms in total. The molecular weight excluding hydrogens is 389 g/mol. The van der Waals surface area contributed by atoms with Crippen LogP contribution in [0, 0.1) is 0 Å². The van der Waals surface area contributed by atoms with Crippen molar-refractivity contribution in [2.24, 2.45) is 10.1 Å². The molecule has 0 saturated carbocycles. The molecule has 0 unspecified atom stereocenters. The lowest BCUT2D eigenvalue weighted by molar-refractivity contribution is -0.112. The lowest BCUT2D eigenvalue weighted by atomic mass is 10.0. The number of aliphatic imine (C=N–C) groups is 1. The predicted molar refractivity (Wildman–Crippen MR) is 107 cm³/mol. The van der Waals surface area contributed by atoms with Crippen molar-refractivity contribution < 1.29 is 14.3 Å². The van der Waals surface area contributed by atoms with E-state index in [0.29, 0.717) is 40.4 Å². The average molecular weight is 408 g/mol. The second-order valence-corrected chi connectivity index (χ2v) is 6.86. The molecule has 8 heteroatoms. The first kappa shape index (κ1) is 19.6. The van der Waals surface area contributed by atoms with E-state index in [-0.39, 0.29) is 11.7 Å². The Hall–Kier alpha value is -2.15. The Morgan fingerprint density at radius 2 is 1.96 bits per heavy atom. The number of allylic oxidation sites excluding steroid dienone is 1. The van der Waals surface area contributed by atoms with Crippen LogP contribution < -0.4 is 0 Å². The highest BCUT2D eigenvalue weighted by atomic mass is 35.5. The zero-order valence-corrected chi connectivity index (χ0v) is 16.3. The maximum Gasteiger partial charge on any atom is 0.279 e. The molecule has 2 heterocycles. The van der Waals surface area contributed by atoms with Crippen LogP contribution in [0.3, 0.4) is 0 Å². The van der Waals surface area contributed by atoms with Crippen LogP contribution >= 0.6 is 23.2 Å². The Labute approximate surface area is 167 Å². The van der Waals surface area contributed by atoms with E-state index in [1.165, 1.54) is 0 Å². The smallest absolute Gasteiger partial charge is 0.279 e. The number of likely N-dealkylation sites (N-methyl/N-ethyl adjacent to an activating group) is 1. The van der Waals surface area contributed by atoms with Crippen LogP contribution in [0.1, 0.15) is 18.4 Å². The van der Waals surface area contributed by atoms with Crippen molar-refractivity contribution in [3.05, 3.63) is 51.7 Å². The normalized spacial score (nSPS) is 19.5. The molecule has 142 valence electrons. The number of hydrogen-bond donors (Lipinski definition) is 0. The van der Waals surface area contributed by atoms with E-state index >= 15 is 0 Å². The summed E-state index contributed by atoms with van der Waals surface area (Å²) in [6.45, 7) is 4.70. The minimum Gasteiger partial charge on any atom is -0.473 e. The van der Waals surface area contributed by atoms with Gasteiger partial charge in [0.1, 0.15) is 6.10 Å². The summed E-state index contributed by atoms with van der Waals surface area (Å²) >= 11 is 12.6. The molecular formula is C19H19Cl2N3O3. The fourth-order valence-corrected chi connectivity index (χ4v) is 3.51. The van der Waals surface area contributed by atoms with E-state index in [2.05, 4.69) is 16.8 Å². The number of benzene rings is 1. The third-order valence-electron chi connectivity index (χ3n) is 4.26. The molecule has 1 saturated heterocycles. The van der Waals surface area contributed by atoms with Crippen molar-refractivity contribution in [1.29, 1.82) is 0 Å². The summed E-state index contributed by atoms with van der Waals surface area (Å²) in [5.41, 5.74) is 1.13. The van der Waals surface area contributed by atoms with Crippen LogP contribution in [0.25, 0.3) is 5.57 Å². The lowest BCUT2D eigenvalue weighted by Crippen LogP contribution is -2.28. The molecule has 0 bridgehead atoms. The molecule has 2 aliphatic heterocycles. The van der Waals surface area contributed by atoms with Crippen LogP contribution in [0.2, 0.25) is 10.0 Å². The van der Waals surface area contributed by atoms with Crippen molar-refractivity contribution in [3.63, 3.8) is 0 Å². The van der Waals surface area contributed by atoms with E-state index in [1.807, 2.05) is 0 Å². The molecule has 0 N–H and O–H groups in total. The third-order valence-corrected chi connectivity index (χ3v) is 4.89. The van der Waals surface area contributed by atoms with Gasteiger partial charge in [0.05, 0.1) is 34.5 Å². The first-order valence-corrected chi connectivity index (χ1v) is 9.21. The topological polar surface area (TPSA) is 63.5 Å². The Morgan fingerprint density at radius 3 is 2.56 bits per heavy atom. The second kappa shape index (κ2) is 8.69. The number of hydrogen-bond acceptors (Lipinski definition) is 5. The van der Waals surface area contributed by atoms with E-state index in [1.54, 1.807) is 42.4 Å². The fraction of sp³-hybridized carbons (Fsp3) is 0.316. The van der Waals surface area contributed by atoms with Crippen LogP contribution in [-0.4, -0.2) is 49.9 Å². The summed E-state index contributed by atoms with van der Waals surface area (Å²) in [6, 6.07) is 5.03. The Balaban J connectivity index is 1.96. The number of rotatable bonds is 3. The highest BCUT2D eigenvalue weighted by Crippen LogP contribution is 2.35. The minimum absolute atomic E-state index is 0.0648. The molecule has 0 radical (unpaired) electrons. The molecule has 1 aromatic carbocycles. The molecule has 0 aromatic heterocycles. The van der Waals surface area contributed by atoms with E-state index < -0.39 is 5.91 Å². The maximum atomic E-state index is 12.5. The number of hydrazone groups is 1. The summed E-state index contributed by atoms with van der Waals surface area (Å²) < 4.78 is 11.3. The SMILES string of the molecule is C=NC(=O)/C(=C1/C=CC(OC2CCOCC2)=NN1C)c1c(Cl)cccc1Cl. The van der Waals surface area contributed by atoms with Gasteiger partial charge in [0.2, 0.25) is 5.90 Å². The average Bonchev–Trinajstić information content (AvgIpc) is 2.66. The van der Waals surface area contributed by atoms with Gasteiger partial charge in [-0.3, -0.25) is 9.80 Å². The number of carbonyl (C=O) groups excluding carboxylic acids is 1. The van der Waals surface area contributed by atoms with Gasteiger partial charge in [0.15, 0.2) is 0 Å². The molecule has 0 spiro atoms. The molecule has 27 heavy (non-hydrogen) atoms. The first-order chi connectivity index (χ1) is 13.0. The number of ether oxygens (including phenoxy) is 2. The quantitative estimate of drug-likeness (QED) is 0.562. The Morgan fingerprint density at radius 1 is 1.30 bits per heavy atom. The predicted octanol–water partition coefficient (Wildman–Crippen LogP) is 3.94. The van der Waals surface area contributed by atoms with E-state index in [9.17, 15) is 4.79 Å². The van der Waals surface area contributed by atoms with Crippen molar-refractivity contribution in [2.75, 3.05) is 20.3 Å². The van der Waals surface area contributed by atoms with Gasteiger partial charge in [0.25, 0.3) is 5.91 Å². The van der Waals surface area contributed by atoms with Crippen LogP contribution in [-0.2, 0) is 14.3 Å². The van der Waals surface area contributed by atoms with Crippen LogP contribution in [0.4, 0.5) is 0 Å². The summed E-state index contributed by atoms with van der Waals surface area (Å²) in [5, 5.41) is 6.66. The molecule has 1 amide bonds. The fourth-order valence-electron chi connectivity index (χ4n) is 2.93. The summed E-state index contributed by atoms with van der Waals surface area (Å²) in [6.07, 6.45) is 5.15. The van der Waals surface area contributed by atoms with Crippen LogP contribution in [0.5, 0.6) is 0 Å². The molecule has 3 rings (SSSR count). The Kier molecular flexibility index (Phi) is 6.31. The number of halogens is 2. The van der Waals surface area contributed by atoms with Gasteiger partial charge < -0.3 is 9.47 Å². The summed E-state index contributed by atoms with van der Waals surface area (Å²) in [7, 11) is 1.72. The molecule has 0 aliphatic carbocycles. The number of amides is 1. The van der Waals surface area contributed by atoms with Gasteiger partial charge in [-0.1, -0.05) is 29.3 Å². The van der Waals surface area contributed by atoms with Gasteiger partial charge in [-0.05, 0) is 24.9 Å². The van der Waals surface area contributed by atoms with Gasteiger partial charge >= 0.3 is 0 Å². The molecule has 1 aromatic rings. The second-order valence-electron chi connectivity index (χ2n) is 6.04. The van der Waals surface area contributed by atoms with Gasteiger partial charge in [-0.15, -0.1) is 5.10 Å². The third kappa shape index (κ3) is 4.40. The maximum absolute atomic E-state index is 12.5. The molecule has 1 fully saturated rings. The lowest BCUT2D eigenvalue weighted by Gasteiger charge is -2.27. The standard InChI is InChI=1S/C19H19Cl2N3O3/c1-22-19(25)18(17-13(20)4-3-5-14(17)21)15-6-7-16(23-24(15)2)27-12-8-10-26-11-9-12/h3-7,12H,1,8-11H2,2H3/b18-15-. The van der Waals surface area contributed by atoms with Gasteiger partial charge in [-0.2, -0.15) is 0 Å². The number of carbonyl (C=O) groups is 1. The largest absolute Gasteiger partial charge is 0.473 e.